The summed E-state index contributed by atoms with van der Waals surface area (Å²) in [6.07, 6.45) is 6.08. The van der Waals surface area contributed by atoms with Gasteiger partial charge in [-0.15, -0.1) is 0 Å². The van der Waals surface area contributed by atoms with Gasteiger partial charge in [0.2, 0.25) is 0 Å². The zero-order valence-corrected chi connectivity index (χ0v) is 17.6. The molecule has 0 unspecified atom stereocenters. The minimum absolute atomic E-state index is 0.420. The molecule has 1 heterocycles. The SMILES string of the molecule is COc1ccc(C=CC(=O)N(C(=O)C=Cc2ccc(OC)cc2)C2=NCCS2)cc1. The van der Waals surface area contributed by atoms with Gasteiger partial charge >= 0.3 is 0 Å². The minimum atomic E-state index is -0.441. The number of amidine groups is 1. The van der Waals surface area contributed by atoms with Gasteiger partial charge in [0.1, 0.15) is 11.5 Å². The van der Waals surface area contributed by atoms with Gasteiger partial charge in [-0.3, -0.25) is 14.6 Å². The van der Waals surface area contributed by atoms with Crippen LogP contribution in [0.3, 0.4) is 0 Å². The maximum Gasteiger partial charge on any atom is 0.259 e. The third-order valence-corrected chi connectivity index (χ3v) is 5.23. The van der Waals surface area contributed by atoms with Crippen LogP contribution in [0.4, 0.5) is 0 Å². The highest BCUT2D eigenvalue weighted by Crippen LogP contribution is 2.18. The zero-order chi connectivity index (χ0) is 21.3. The lowest BCUT2D eigenvalue weighted by Crippen LogP contribution is -2.37. The van der Waals surface area contributed by atoms with Crippen molar-refractivity contribution in [2.24, 2.45) is 4.99 Å². The summed E-state index contributed by atoms with van der Waals surface area (Å²) in [5.74, 6) is 1.33. The molecule has 0 saturated heterocycles. The third kappa shape index (κ3) is 5.61. The van der Waals surface area contributed by atoms with E-state index in [0.29, 0.717) is 11.7 Å². The average Bonchev–Trinajstić information content (AvgIpc) is 3.31. The molecule has 7 heteroatoms. The van der Waals surface area contributed by atoms with Crippen LogP contribution < -0.4 is 9.47 Å². The number of nitrogens with zero attached hydrogens (tertiary/aromatic N) is 2. The molecular formula is C23H22N2O4S. The van der Waals surface area contributed by atoms with Gasteiger partial charge in [-0.1, -0.05) is 36.0 Å². The van der Waals surface area contributed by atoms with Crippen LogP contribution in [0.1, 0.15) is 11.1 Å². The number of thioether (sulfide) groups is 1. The Morgan fingerprint density at radius 1 is 0.867 bits per heavy atom. The van der Waals surface area contributed by atoms with E-state index in [2.05, 4.69) is 4.99 Å². The first kappa shape index (κ1) is 21.4. The second kappa shape index (κ2) is 10.5. The predicted octanol–water partition coefficient (Wildman–Crippen LogP) is 3.89. The topological polar surface area (TPSA) is 68.2 Å². The number of carbonyl (C=O) groups is 2. The molecule has 0 saturated carbocycles. The molecule has 0 aliphatic carbocycles. The largest absolute Gasteiger partial charge is 0.497 e. The van der Waals surface area contributed by atoms with Gasteiger partial charge in [-0.05, 0) is 47.5 Å². The molecule has 1 aliphatic heterocycles. The fourth-order valence-electron chi connectivity index (χ4n) is 2.67. The maximum absolute atomic E-state index is 12.8. The zero-order valence-electron chi connectivity index (χ0n) is 16.8. The van der Waals surface area contributed by atoms with Gasteiger partial charge in [0, 0.05) is 17.9 Å². The summed E-state index contributed by atoms with van der Waals surface area (Å²) in [5, 5.41) is 0.420. The first-order valence-electron chi connectivity index (χ1n) is 9.30. The summed E-state index contributed by atoms with van der Waals surface area (Å²) in [5.41, 5.74) is 1.65. The van der Waals surface area contributed by atoms with E-state index in [1.165, 1.54) is 23.9 Å². The number of hydrogen-bond acceptors (Lipinski definition) is 6. The second-order valence-electron chi connectivity index (χ2n) is 6.24. The number of carbonyl (C=O) groups excluding carboxylic acids is 2. The summed E-state index contributed by atoms with van der Waals surface area (Å²) >= 11 is 1.39. The number of hydrogen-bond donors (Lipinski definition) is 0. The Balaban J connectivity index is 1.75. The lowest BCUT2D eigenvalue weighted by molar-refractivity contribution is -0.133. The number of aliphatic imine (C=N–C) groups is 1. The molecule has 154 valence electrons. The van der Waals surface area contributed by atoms with E-state index in [1.54, 1.807) is 26.4 Å². The molecule has 0 N–H and O–H groups in total. The number of imide groups is 1. The van der Waals surface area contributed by atoms with E-state index in [-0.39, 0.29) is 0 Å². The predicted molar refractivity (Wildman–Crippen MR) is 121 cm³/mol. The van der Waals surface area contributed by atoms with Crippen LogP contribution in [-0.4, -0.2) is 48.4 Å². The fourth-order valence-corrected chi connectivity index (χ4v) is 3.53. The number of benzene rings is 2. The Morgan fingerprint density at radius 3 is 1.70 bits per heavy atom. The van der Waals surface area contributed by atoms with E-state index < -0.39 is 11.8 Å². The molecule has 6 nitrogen and oxygen atoms in total. The van der Waals surface area contributed by atoms with Crippen LogP contribution in [0, 0.1) is 0 Å². The Labute approximate surface area is 179 Å². The summed E-state index contributed by atoms with van der Waals surface area (Å²) in [7, 11) is 3.19. The number of methoxy groups -OCH3 is 2. The molecule has 0 radical (unpaired) electrons. The standard InChI is InChI=1S/C23H22N2O4S/c1-28-19-9-3-17(4-10-19)7-13-21(26)25(23-24-15-16-30-23)22(27)14-8-18-5-11-20(29-2)12-6-18/h3-14H,15-16H2,1-2H3. The van der Waals surface area contributed by atoms with Crippen molar-refractivity contribution in [3.63, 3.8) is 0 Å². The fraction of sp³-hybridized carbons (Fsp3) is 0.174. The van der Waals surface area contributed by atoms with Crippen molar-refractivity contribution >= 4 is 40.9 Å². The van der Waals surface area contributed by atoms with Gasteiger partial charge in [0.15, 0.2) is 5.17 Å². The first-order valence-corrected chi connectivity index (χ1v) is 10.3. The highest BCUT2D eigenvalue weighted by molar-refractivity contribution is 8.14. The van der Waals surface area contributed by atoms with E-state index in [0.717, 1.165) is 33.3 Å². The average molecular weight is 423 g/mol. The van der Waals surface area contributed by atoms with Crippen molar-refractivity contribution in [1.82, 2.24) is 4.90 Å². The second-order valence-corrected chi connectivity index (χ2v) is 7.30. The molecule has 2 amide bonds. The molecule has 0 aromatic heterocycles. The third-order valence-electron chi connectivity index (χ3n) is 4.27. The summed E-state index contributed by atoms with van der Waals surface area (Å²) in [6, 6.07) is 14.6. The summed E-state index contributed by atoms with van der Waals surface area (Å²) in [6.45, 7) is 0.585. The van der Waals surface area contributed by atoms with Crippen LogP contribution in [0.15, 0.2) is 65.7 Å². The summed E-state index contributed by atoms with van der Waals surface area (Å²) in [4.78, 5) is 31.0. The maximum atomic E-state index is 12.8. The van der Waals surface area contributed by atoms with Crippen molar-refractivity contribution in [1.29, 1.82) is 0 Å². The Morgan fingerprint density at radius 2 is 1.33 bits per heavy atom. The first-order chi connectivity index (χ1) is 14.6. The lowest BCUT2D eigenvalue weighted by Gasteiger charge is -2.16. The molecule has 0 atom stereocenters. The van der Waals surface area contributed by atoms with E-state index in [9.17, 15) is 9.59 Å². The van der Waals surface area contributed by atoms with Crippen molar-refractivity contribution in [3.05, 3.63) is 71.8 Å². The summed E-state index contributed by atoms with van der Waals surface area (Å²) < 4.78 is 10.3. The smallest absolute Gasteiger partial charge is 0.259 e. The molecule has 1 aliphatic rings. The Bertz CT molecular complexity index is 910. The van der Waals surface area contributed by atoms with Crippen molar-refractivity contribution < 1.29 is 19.1 Å². The monoisotopic (exact) mass is 422 g/mol. The normalized spacial score (nSPS) is 13.5. The Kier molecular flexibility index (Phi) is 7.45. The number of rotatable bonds is 6. The van der Waals surface area contributed by atoms with Crippen molar-refractivity contribution in [2.75, 3.05) is 26.5 Å². The van der Waals surface area contributed by atoms with Crippen LogP contribution in [0.25, 0.3) is 12.2 Å². The van der Waals surface area contributed by atoms with Gasteiger partial charge in [0.25, 0.3) is 11.8 Å². The molecule has 2 aromatic carbocycles. The molecule has 2 aromatic rings. The van der Waals surface area contributed by atoms with Crippen molar-refractivity contribution in [2.45, 2.75) is 0 Å². The van der Waals surface area contributed by atoms with Gasteiger partial charge in [-0.25, -0.2) is 4.90 Å². The highest BCUT2D eigenvalue weighted by Gasteiger charge is 2.25. The van der Waals surface area contributed by atoms with Crippen molar-refractivity contribution in [3.8, 4) is 11.5 Å². The van der Waals surface area contributed by atoms with Gasteiger partial charge < -0.3 is 9.47 Å². The van der Waals surface area contributed by atoms with Crippen LogP contribution >= 0.6 is 11.8 Å². The molecule has 3 rings (SSSR count). The van der Waals surface area contributed by atoms with E-state index in [4.69, 9.17) is 9.47 Å². The van der Waals surface area contributed by atoms with Crippen LogP contribution in [0.2, 0.25) is 0 Å². The number of ether oxygens (including phenoxy) is 2. The minimum Gasteiger partial charge on any atom is -0.497 e. The van der Waals surface area contributed by atoms with E-state index >= 15 is 0 Å². The van der Waals surface area contributed by atoms with Gasteiger partial charge in [-0.2, -0.15) is 0 Å². The van der Waals surface area contributed by atoms with Crippen LogP contribution in [0.5, 0.6) is 11.5 Å². The number of amides is 2. The molecule has 0 spiro atoms. The van der Waals surface area contributed by atoms with Crippen LogP contribution in [-0.2, 0) is 9.59 Å². The molecule has 0 bridgehead atoms. The Hall–Kier alpha value is -3.32. The lowest BCUT2D eigenvalue weighted by atomic mass is 10.2. The van der Waals surface area contributed by atoms with E-state index in [1.807, 2.05) is 48.5 Å². The van der Waals surface area contributed by atoms with Gasteiger partial charge in [0.05, 0.1) is 20.8 Å². The quantitative estimate of drug-likeness (QED) is 0.661. The molecule has 0 fully saturated rings. The molecule has 30 heavy (non-hydrogen) atoms. The highest BCUT2D eigenvalue weighted by atomic mass is 32.2. The molecular weight excluding hydrogens is 400 g/mol.